The molecule has 2 nitrogen and oxygen atoms in total. The Labute approximate surface area is 163 Å². The van der Waals surface area contributed by atoms with E-state index in [0.29, 0.717) is 11.3 Å². The number of hydrogen-bond acceptors (Lipinski definition) is 2. The summed E-state index contributed by atoms with van der Waals surface area (Å²) in [4.78, 5) is 13.5. The molecule has 1 aliphatic rings. The van der Waals surface area contributed by atoms with Gasteiger partial charge < -0.3 is 4.74 Å². The van der Waals surface area contributed by atoms with Crippen LogP contribution in [0.15, 0.2) is 103 Å². The number of benzene rings is 4. The van der Waals surface area contributed by atoms with Crippen molar-refractivity contribution in [1.82, 2.24) is 0 Å². The third kappa shape index (κ3) is 2.80. The van der Waals surface area contributed by atoms with Crippen molar-refractivity contribution in [3.05, 3.63) is 120 Å². The van der Waals surface area contributed by atoms with Crippen molar-refractivity contribution in [3.8, 4) is 5.75 Å². The van der Waals surface area contributed by atoms with Crippen molar-refractivity contribution >= 4 is 22.6 Å². The lowest BCUT2D eigenvalue weighted by Gasteiger charge is -2.26. The molecule has 4 aromatic rings. The first-order valence-electron chi connectivity index (χ1n) is 9.37. The van der Waals surface area contributed by atoms with Gasteiger partial charge in [-0.2, -0.15) is 0 Å². The highest BCUT2D eigenvalue weighted by Crippen LogP contribution is 2.41. The lowest BCUT2D eigenvalue weighted by molar-refractivity contribution is 0.0959. The highest BCUT2D eigenvalue weighted by molar-refractivity contribution is 6.08. The Kier molecular flexibility index (Phi) is 4.02. The Morgan fingerprint density at radius 1 is 0.714 bits per heavy atom. The number of para-hydroxylation sites is 1. The molecule has 0 spiro atoms. The number of allylic oxidation sites excluding steroid dienone is 1. The van der Waals surface area contributed by atoms with Crippen molar-refractivity contribution < 1.29 is 9.53 Å². The summed E-state index contributed by atoms with van der Waals surface area (Å²) in [6, 6.07) is 31.4. The van der Waals surface area contributed by atoms with Crippen LogP contribution in [0.3, 0.4) is 0 Å². The minimum absolute atomic E-state index is 0.0461. The van der Waals surface area contributed by atoms with Gasteiger partial charge in [0, 0.05) is 5.56 Å². The maximum atomic E-state index is 13.5. The first-order valence-corrected chi connectivity index (χ1v) is 9.37. The summed E-state index contributed by atoms with van der Waals surface area (Å²) in [7, 11) is 0. The van der Waals surface area contributed by atoms with Crippen molar-refractivity contribution in [3.63, 3.8) is 0 Å². The van der Waals surface area contributed by atoms with Gasteiger partial charge in [-0.3, -0.25) is 4.79 Å². The second kappa shape index (κ2) is 6.82. The van der Waals surface area contributed by atoms with Gasteiger partial charge in [-0.15, -0.1) is 0 Å². The van der Waals surface area contributed by atoms with E-state index in [-0.39, 0.29) is 5.78 Å². The number of carbonyl (C=O) groups is 1. The topological polar surface area (TPSA) is 26.3 Å². The van der Waals surface area contributed by atoms with E-state index in [0.717, 1.165) is 27.6 Å². The van der Waals surface area contributed by atoms with Crippen molar-refractivity contribution in [1.29, 1.82) is 0 Å². The number of Topliss-reactive ketones (excluding diaryl/α,β-unsaturated/α-hetero) is 1. The standard InChI is InChI=1S/C26H18O2/c27-26(19-9-3-1-4-10-19)25-22-16-8-12-18-11-7-13-20(24(18)22)17-23(25)28-21-14-5-2-6-15-21/h1-17,25H. The van der Waals surface area contributed by atoms with Gasteiger partial charge in [0.05, 0.1) is 0 Å². The van der Waals surface area contributed by atoms with Crippen LogP contribution in [0, 0.1) is 0 Å². The third-order valence-electron chi connectivity index (χ3n) is 5.16. The van der Waals surface area contributed by atoms with Gasteiger partial charge in [-0.25, -0.2) is 0 Å². The van der Waals surface area contributed by atoms with E-state index >= 15 is 0 Å². The summed E-state index contributed by atoms with van der Waals surface area (Å²) in [6.45, 7) is 0. The van der Waals surface area contributed by atoms with Crippen LogP contribution in [0.5, 0.6) is 5.75 Å². The molecule has 0 radical (unpaired) electrons. The van der Waals surface area contributed by atoms with E-state index in [1.807, 2.05) is 84.9 Å². The predicted molar refractivity (Wildman–Crippen MR) is 113 cm³/mol. The molecule has 28 heavy (non-hydrogen) atoms. The summed E-state index contributed by atoms with van der Waals surface area (Å²) >= 11 is 0. The normalized spacial score (nSPS) is 15.1. The molecule has 0 N–H and O–H groups in total. The van der Waals surface area contributed by atoms with E-state index in [1.165, 1.54) is 0 Å². The van der Waals surface area contributed by atoms with E-state index < -0.39 is 5.92 Å². The fourth-order valence-corrected chi connectivity index (χ4v) is 3.90. The Morgan fingerprint density at radius 2 is 1.39 bits per heavy atom. The quantitative estimate of drug-likeness (QED) is 0.402. The van der Waals surface area contributed by atoms with E-state index in [1.54, 1.807) is 0 Å². The Morgan fingerprint density at radius 3 is 2.14 bits per heavy atom. The predicted octanol–water partition coefficient (Wildman–Crippen LogP) is 6.24. The molecule has 0 saturated heterocycles. The molecule has 1 unspecified atom stereocenters. The second-order valence-corrected chi connectivity index (χ2v) is 6.92. The molecule has 0 aliphatic heterocycles. The van der Waals surface area contributed by atoms with E-state index in [4.69, 9.17) is 4.74 Å². The monoisotopic (exact) mass is 362 g/mol. The molecular weight excluding hydrogens is 344 g/mol. The molecule has 1 aliphatic carbocycles. The second-order valence-electron chi connectivity index (χ2n) is 6.92. The fraction of sp³-hybridized carbons (Fsp3) is 0.0385. The molecule has 1 atom stereocenters. The van der Waals surface area contributed by atoms with Gasteiger partial charge in [-0.1, -0.05) is 84.9 Å². The lowest BCUT2D eigenvalue weighted by atomic mass is 9.80. The average Bonchev–Trinajstić information content (AvgIpc) is 2.75. The zero-order chi connectivity index (χ0) is 18.9. The zero-order valence-electron chi connectivity index (χ0n) is 15.2. The number of hydrogen-bond donors (Lipinski definition) is 0. The van der Waals surface area contributed by atoms with E-state index in [9.17, 15) is 4.79 Å². The van der Waals surface area contributed by atoms with Gasteiger partial charge in [0.25, 0.3) is 0 Å². The third-order valence-corrected chi connectivity index (χ3v) is 5.16. The van der Waals surface area contributed by atoms with E-state index in [2.05, 4.69) is 18.2 Å². The molecule has 0 saturated carbocycles. The molecule has 134 valence electrons. The number of ether oxygens (including phenoxy) is 1. The minimum Gasteiger partial charge on any atom is -0.461 e. The maximum absolute atomic E-state index is 13.5. The zero-order valence-corrected chi connectivity index (χ0v) is 15.2. The number of rotatable bonds is 4. The van der Waals surface area contributed by atoms with Crippen LogP contribution < -0.4 is 4.74 Å². The van der Waals surface area contributed by atoms with Crippen LogP contribution in [0.2, 0.25) is 0 Å². The molecule has 5 rings (SSSR count). The first kappa shape index (κ1) is 16.5. The van der Waals surface area contributed by atoms with Crippen LogP contribution in [-0.4, -0.2) is 5.78 Å². The molecular formula is C26H18O2. The van der Waals surface area contributed by atoms with Crippen molar-refractivity contribution in [2.45, 2.75) is 5.92 Å². The molecule has 4 aromatic carbocycles. The molecule has 0 heterocycles. The van der Waals surface area contributed by atoms with Crippen molar-refractivity contribution in [2.24, 2.45) is 0 Å². The van der Waals surface area contributed by atoms with Gasteiger partial charge in [0.2, 0.25) is 0 Å². The van der Waals surface area contributed by atoms with Gasteiger partial charge in [0.1, 0.15) is 17.4 Å². The molecule has 0 bridgehead atoms. The molecule has 2 heteroatoms. The van der Waals surface area contributed by atoms with Crippen molar-refractivity contribution in [2.75, 3.05) is 0 Å². The maximum Gasteiger partial charge on any atom is 0.177 e. The minimum atomic E-state index is -0.471. The Bertz CT molecular complexity index is 1190. The fourth-order valence-electron chi connectivity index (χ4n) is 3.90. The highest BCUT2D eigenvalue weighted by Gasteiger charge is 2.32. The summed E-state index contributed by atoms with van der Waals surface area (Å²) in [5.41, 5.74) is 2.76. The molecule has 0 fully saturated rings. The van der Waals surface area contributed by atoms with Crippen LogP contribution in [0.25, 0.3) is 16.8 Å². The number of ketones is 1. The van der Waals surface area contributed by atoms with Gasteiger partial charge in [0.15, 0.2) is 5.78 Å². The molecule has 0 aromatic heterocycles. The number of carbonyl (C=O) groups excluding carboxylic acids is 1. The first-order chi connectivity index (χ1) is 13.8. The largest absolute Gasteiger partial charge is 0.461 e. The van der Waals surface area contributed by atoms with Crippen LogP contribution >= 0.6 is 0 Å². The summed E-state index contributed by atoms with van der Waals surface area (Å²) in [5.74, 6) is 0.961. The lowest BCUT2D eigenvalue weighted by Crippen LogP contribution is -2.21. The van der Waals surface area contributed by atoms with Crippen LogP contribution in [-0.2, 0) is 0 Å². The molecule has 0 amide bonds. The van der Waals surface area contributed by atoms with Gasteiger partial charge in [-0.05, 0) is 40.1 Å². The van der Waals surface area contributed by atoms with Crippen LogP contribution in [0.1, 0.15) is 27.4 Å². The highest BCUT2D eigenvalue weighted by atomic mass is 16.5. The van der Waals surface area contributed by atoms with Crippen LogP contribution in [0.4, 0.5) is 0 Å². The SMILES string of the molecule is O=C(c1ccccc1)C1C(Oc2ccccc2)=Cc2cccc3cccc1c23. The Balaban J connectivity index is 1.70. The smallest absolute Gasteiger partial charge is 0.177 e. The average molecular weight is 362 g/mol. The summed E-state index contributed by atoms with van der Waals surface area (Å²) in [5, 5.41) is 2.26. The Hall–Kier alpha value is -3.65. The van der Waals surface area contributed by atoms with Gasteiger partial charge >= 0.3 is 0 Å². The summed E-state index contributed by atoms with van der Waals surface area (Å²) < 4.78 is 6.24. The summed E-state index contributed by atoms with van der Waals surface area (Å²) in [6.07, 6.45) is 2.01.